The van der Waals surface area contributed by atoms with Gasteiger partial charge in [0.05, 0.1) is 0 Å². The molecule has 0 radical (unpaired) electrons. The molecule has 0 spiro atoms. The molecule has 0 aliphatic carbocycles. The summed E-state index contributed by atoms with van der Waals surface area (Å²) in [6.07, 6.45) is 22.1. The van der Waals surface area contributed by atoms with Gasteiger partial charge >= 0.3 is 5.97 Å². The van der Waals surface area contributed by atoms with E-state index in [0.717, 1.165) is 44.9 Å². The molecule has 0 N–H and O–H groups in total. The van der Waals surface area contributed by atoms with Gasteiger partial charge in [0.15, 0.2) is 0 Å². The molecule has 2 nitrogen and oxygen atoms in total. The summed E-state index contributed by atoms with van der Waals surface area (Å²) in [6.45, 7) is 13.5. The van der Waals surface area contributed by atoms with Crippen LogP contribution in [0.4, 0.5) is 0 Å². The largest absolute Gasteiger partial charge is 0.461 e. The van der Waals surface area contributed by atoms with E-state index < -0.39 is 0 Å². The molecule has 0 rings (SSSR count). The van der Waals surface area contributed by atoms with E-state index in [-0.39, 0.29) is 5.97 Å². The summed E-state index contributed by atoms with van der Waals surface area (Å²) in [4.78, 5) is 11.7. The second-order valence-corrected chi connectivity index (χ2v) is 8.90. The van der Waals surface area contributed by atoms with Gasteiger partial charge in [0.1, 0.15) is 6.61 Å². The first kappa shape index (κ1) is 28.4. The molecule has 0 unspecified atom stereocenters. The molecular formula is C28H48O2. The predicted molar refractivity (Wildman–Crippen MR) is 133 cm³/mol. The Balaban J connectivity index is 3.92. The maximum atomic E-state index is 11.7. The summed E-state index contributed by atoms with van der Waals surface area (Å²) in [5.41, 5.74) is 5.66. The number of hydrogen-bond acceptors (Lipinski definition) is 2. The Kier molecular flexibility index (Phi) is 18.4. The Hall–Kier alpha value is -1.57. The standard InChI is InChI=1S/C28H48O2/c1-7-8-9-10-11-21-28(29)30-23-22-27(6)20-14-19-26(5)18-13-17-25(4)16-12-15-24(2)3/h15,17,19,22H,7-14,16,18,20-21,23H2,1-6H3/b25-17+,26-19+,27-22+. The minimum absolute atomic E-state index is 0.0597. The molecule has 172 valence electrons. The first-order chi connectivity index (χ1) is 14.3. The molecule has 0 fully saturated rings. The maximum absolute atomic E-state index is 11.7. The van der Waals surface area contributed by atoms with Crippen molar-refractivity contribution in [2.75, 3.05) is 6.61 Å². The minimum Gasteiger partial charge on any atom is -0.461 e. The lowest BCUT2D eigenvalue weighted by Gasteiger charge is -2.04. The predicted octanol–water partition coefficient (Wildman–Crippen LogP) is 9.04. The van der Waals surface area contributed by atoms with Crippen LogP contribution in [0.3, 0.4) is 0 Å². The van der Waals surface area contributed by atoms with Crippen LogP contribution >= 0.6 is 0 Å². The van der Waals surface area contributed by atoms with Gasteiger partial charge in [-0.2, -0.15) is 0 Å². The van der Waals surface area contributed by atoms with E-state index in [1.165, 1.54) is 48.0 Å². The van der Waals surface area contributed by atoms with Gasteiger partial charge in [-0.05, 0) is 85.6 Å². The van der Waals surface area contributed by atoms with Crippen LogP contribution in [-0.4, -0.2) is 12.6 Å². The highest BCUT2D eigenvalue weighted by atomic mass is 16.5. The van der Waals surface area contributed by atoms with Gasteiger partial charge in [-0.1, -0.05) is 73.1 Å². The van der Waals surface area contributed by atoms with Crippen LogP contribution in [0.2, 0.25) is 0 Å². The van der Waals surface area contributed by atoms with Crippen molar-refractivity contribution >= 4 is 5.97 Å². The lowest BCUT2D eigenvalue weighted by Crippen LogP contribution is -2.04. The van der Waals surface area contributed by atoms with E-state index in [2.05, 4.69) is 65.8 Å². The van der Waals surface area contributed by atoms with Gasteiger partial charge in [-0.25, -0.2) is 0 Å². The SMILES string of the molecule is CCCCCCCC(=O)OC/C=C(\C)CC/C=C(\C)CC/C=C(\C)CCC=C(C)C. The third-order valence-electron chi connectivity index (χ3n) is 5.31. The van der Waals surface area contributed by atoms with Gasteiger partial charge in [0.25, 0.3) is 0 Å². The van der Waals surface area contributed by atoms with Crippen molar-refractivity contribution < 1.29 is 9.53 Å². The third-order valence-corrected chi connectivity index (χ3v) is 5.31. The lowest BCUT2D eigenvalue weighted by atomic mass is 10.0. The molecule has 2 heteroatoms. The van der Waals surface area contributed by atoms with Gasteiger partial charge in [0.2, 0.25) is 0 Å². The van der Waals surface area contributed by atoms with E-state index in [1.807, 2.05) is 0 Å². The summed E-state index contributed by atoms with van der Waals surface area (Å²) < 4.78 is 5.32. The molecule has 0 atom stereocenters. The van der Waals surface area contributed by atoms with Crippen molar-refractivity contribution in [1.29, 1.82) is 0 Å². The highest BCUT2D eigenvalue weighted by Crippen LogP contribution is 2.13. The monoisotopic (exact) mass is 416 g/mol. The van der Waals surface area contributed by atoms with Crippen LogP contribution in [0.15, 0.2) is 46.6 Å². The normalized spacial score (nSPS) is 12.8. The van der Waals surface area contributed by atoms with E-state index in [4.69, 9.17) is 4.74 Å². The van der Waals surface area contributed by atoms with E-state index >= 15 is 0 Å². The van der Waals surface area contributed by atoms with Crippen LogP contribution in [0.1, 0.15) is 119 Å². The van der Waals surface area contributed by atoms with Crippen molar-refractivity contribution in [2.45, 2.75) is 119 Å². The number of rotatable bonds is 17. The van der Waals surface area contributed by atoms with Gasteiger partial charge in [-0.3, -0.25) is 4.79 Å². The summed E-state index contributed by atoms with van der Waals surface area (Å²) in [7, 11) is 0. The van der Waals surface area contributed by atoms with Crippen LogP contribution in [0.5, 0.6) is 0 Å². The molecule has 0 heterocycles. The molecule has 0 aromatic rings. The summed E-state index contributed by atoms with van der Waals surface area (Å²) >= 11 is 0. The first-order valence-corrected chi connectivity index (χ1v) is 12.1. The number of carbonyl (C=O) groups is 1. The zero-order valence-corrected chi connectivity index (χ0v) is 20.8. The number of unbranched alkanes of at least 4 members (excludes halogenated alkanes) is 4. The zero-order valence-electron chi connectivity index (χ0n) is 20.8. The quantitative estimate of drug-likeness (QED) is 0.134. The molecule has 30 heavy (non-hydrogen) atoms. The first-order valence-electron chi connectivity index (χ1n) is 12.1. The Morgan fingerprint density at radius 2 is 1.13 bits per heavy atom. The van der Waals surface area contributed by atoms with E-state index in [9.17, 15) is 4.79 Å². The number of allylic oxidation sites excluding steroid dienone is 7. The van der Waals surface area contributed by atoms with Gasteiger partial charge < -0.3 is 4.74 Å². The fraction of sp³-hybridized carbons (Fsp3) is 0.679. The van der Waals surface area contributed by atoms with Crippen LogP contribution < -0.4 is 0 Å². The van der Waals surface area contributed by atoms with E-state index in [1.54, 1.807) is 0 Å². The fourth-order valence-electron chi connectivity index (χ4n) is 3.21. The molecule has 0 aliphatic rings. The molecule has 0 saturated carbocycles. The van der Waals surface area contributed by atoms with Crippen molar-refractivity contribution in [3.05, 3.63) is 46.6 Å². The van der Waals surface area contributed by atoms with Crippen molar-refractivity contribution in [2.24, 2.45) is 0 Å². The Labute approximate surface area is 187 Å². The average Bonchev–Trinajstić information content (AvgIpc) is 2.67. The lowest BCUT2D eigenvalue weighted by molar-refractivity contribution is -0.142. The van der Waals surface area contributed by atoms with Crippen molar-refractivity contribution in [3.63, 3.8) is 0 Å². The Morgan fingerprint density at radius 1 is 0.633 bits per heavy atom. The average molecular weight is 417 g/mol. The second-order valence-electron chi connectivity index (χ2n) is 8.90. The van der Waals surface area contributed by atoms with Gasteiger partial charge in [-0.15, -0.1) is 0 Å². The maximum Gasteiger partial charge on any atom is 0.306 e. The highest BCUT2D eigenvalue weighted by molar-refractivity contribution is 5.69. The van der Waals surface area contributed by atoms with Crippen LogP contribution in [0.25, 0.3) is 0 Å². The number of carbonyl (C=O) groups excluding carboxylic acids is 1. The zero-order chi connectivity index (χ0) is 22.6. The van der Waals surface area contributed by atoms with Crippen LogP contribution in [-0.2, 0) is 9.53 Å². The third kappa shape index (κ3) is 19.7. The molecule has 0 amide bonds. The minimum atomic E-state index is -0.0597. The molecule has 0 aromatic heterocycles. The van der Waals surface area contributed by atoms with Crippen LogP contribution in [0, 0.1) is 0 Å². The molecule has 0 aromatic carbocycles. The summed E-state index contributed by atoms with van der Waals surface area (Å²) in [5.74, 6) is -0.0597. The number of hydrogen-bond donors (Lipinski definition) is 0. The topological polar surface area (TPSA) is 26.3 Å². The Morgan fingerprint density at radius 3 is 1.67 bits per heavy atom. The number of ether oxygens (including phenoxy) is 1. The number of esters is 1. The fourth-order valence-corrected chi connectivity index (χ4v) is 3.21. The molecule has 0 aliphatic heterocycles. The second kappa shape index (κ2) is 19.4. The van der Waals surface area contributed by atoms with Crippen molar-refractivity contribution in [1.82, 2.24) is 0 Å². The Bertz CT molecular complexity index is 571. The molecule has 0 saturated heterocycles. The van der Waals surface area contributed by atoms with Crippen molar-refractivity contribution in [3.8, 4) is 0 Å². The molecule has 0 bridgehead atoms. The highest BCUT2D eigenvalue weighted by Gasteiger charge is 2.01. The smallest absolute Gasteiger partial charge is 0.306 e. The summed E-state index contributed by atoms with van der Waals surface area (Å²) in [6, 6.07) is 0. The molecular weight excluding hydrogens is 368 g/mol. The van der Waals surface area contributed by atoms with Gasteiger partial charge in [0, 0.05) is 6.42 Å². The summed E-state index contributed by atoms with van der Waals surface area (Å²) in [5, 5.41) is 0. The van der Waals surface area contributed by atoms with E-state index in [0.29, 0.717) is 13.0 Å².